The number of rotatable bonds is 4. The molecular formula is C17H24N2O2. The van der Waals surface area contributed by atoms with E-state index in [2.05, 4.69) is 26.1 Å². The molecule has 1 aromatic carbocycles. The smallest absolute Gasteiger partial charge is 0.244 e. The lowest BCUT2D eigenvalue weighted by Gasteiger charge is -2.21. The molecule has 4 nitrogen and oxygen atoms in total. The minimum Gasteiger partial charge on any atom is -0.331 e. The number of benzene rings is 1. The summed E-state index contributed by atoms with van der Waals surface area (Å²) >= 11 is 0. The molecule has 4 heteroatoms. The first-order chi connectivity index (χ1) is 9.77. The van der Waals surface area contributed by atoms with E-state index < -0.39 is 0 Å². The zero-order valence-electron chi connectivity index (χ0n) is 13.3. The first-order valence-corrected chi connectivity index (χ1v) is 7.45. The van der Waals surface area contributed by atoms with E-state index in [-0.39, 0.29) is 29.8 Å². The van der Waals surface area contributed by atoms with Crippen molar-refractivity contribution in [2.75, 3.05) is 11.9 Å². The predicted molar refractivity (Wildman–Crippen MR) is 84.2 cm³/mol. The third-order valence-electron chi connectivity index (χ3n) is 3.74. The molecule has 1 N–H and O–H groups in total. The number of hydrogen-bond acceptors (Lipinski definition) is 2. The van der Waals surface area contributed by atoms with E-state index in [1.807, 2.05) is 24.3 Å². The normalized spacial score (nSPS) is 14.7. The maximum atomic E-state index is 12.0. The quantitative estimate of drug-likeness (QED) is 0.926. The molecule has 0 unspecified atom stereocenters. The van der Waals surface area contributed by atoms with Crippen molar-refractivity contribution in [1.29, 1.82) is 0 Å². The highest BCUT2D eigenvalue weighted by Crippen LogP contribution is 2.27. The summed E-state index contributed by atoms with van der Waals surface area (Å²) in [7, 11) is 0. The SMILES string of the molecule is CC(=O)N(CC(=O)Nc1ccc(C(C)(C)C)cc1)C1CC1. The Labute approximate surface area is 126 Å². The lowest BCUT2D eigenvalue weighted by molar-refractivity contribution is -0.133. The molecule has 1 fully saturated rings. The number of nitrogens with zero attached hydrogens (tertiary/aromatic N) is 1. The molecule has 1 aliphatic carbocycles. The molecule has 2 rings (SSSR count). The summed E-state index contributed by atoms with van der Waals surface area (Å²) in [5, 5.41) is 2.86. The van der Waals surface area contributed by atoms with E-state index in [0.717, 1.165) is 18.5 Å². The Morgan fingerprint density at radius 3 is 2.19 bits per heavy atom. The third kappa shape index (κ3) is 4.31. The minimum atomic E-state index is -0.138. The molecule has 0 spiro atoms. The first-order valence-electron chi connectivity index (χ1n) is 7.45. The molecule has 0 heterocycles. The molecule has 0 aliphatic heterocycles. The number of anilines is 1. The fourth-order valence-corrected chi connectivity index (χ4v) is 2.29. The van der Waals surface area contributed by atoms with E-state index in [1.54, 1.807) is 4.90 Å². The molecule has 0 bridgehead atoms. The molecular weight excluding hydrogens is 264 g/mol. The minimum absolute atomic E-state index is 0.0317. The Morgan fingerprint density at radius 1 is 1.19 bits per heavy atom. The van der Waals surface area contributed by atoms with Gasteiger partial charge in [-0.3, -0.25) is 9.59 Å². The molecule has 114 valence electrons. The Morgan fingerprint density at radius 2 is 1.76 bits per heavy atom. The highest BCUT2D eigenvalue weighted by molar-refractivity contribution is 5.94. The standard InChI is InChI=1S/C17H24N2O2/c1-12(20)19(15-9-10-15)11-16(21)18-14-7-5-13(6-8-14)17(2,3)4/h5-8,15H,9-11H2,1-4H3,(H,18,21). The zero-order valence-corrected chi connectivity index (χ0v) is 13.3. The van der Waals surface area contributed by atoms with Crippen molar-refractivity contribution in [3.63, 3.8) is 0 Å². The van der Waals surface area contributed by atoms with Gasteiger partial charge in [0.2, 0.25) is 11.8 Å². The zero-order chi connectivity index (χ0) is 15.6. The van der Waals surface area contributed by atoms with Gasteiger partial charge in [-0.2, -0.15) is 0 Å². The van der Waals surface area contributed by atoms with Crippen molar-refractivity contribution >= 4 is 17.5 Å². The fourth-order valence-electron chi connectivity index (χ4n) is 2.29. The van der Waals surface area contributed by atoms with Crippen molar-refractivity contribution in [3.05, 3.63) is 29.8 Å². The van der Waals surface area contributed by atoms with Gasteiger partial charge >= 0.3 is 0 Å². The number of carbonyl (C=O) groups is 2. The van der Waals surface area contributed by atoms with Crippen LogP contribution in [-0.4, -0.2) is 29.3 Å². The lowest BCUT2D eigenvalue weighted by Crippen LogP contribution is -2.38. The van der Waals surface area contributed by atoms with Gasteiger partial charge in [-0.15, -0.1) is 0 Å². The molecule has 0 atom stereocenters. The van der Waals surface area contributed by atoms with Crippen LogP contribution in [0.1, 0.15) is 46.1 Å². The first kappa shape index (κ1) is 15.5. The van der Waals surface area contributed by atoms with Gasteiger partial charge in [0.25, 0.3) is 0 Å². The Hall–Kier alpha value is -1.84. The maximum absolute atomic E-state index is 12.0. The van der Waals surface area contributed by atoms with Gasteiger partial charge in [-0.25, -0.2) is 0 Å². The van der Waals surface area contributed by atoms with Crippen molar-refractivity contribution in [2.24, 2.45) is 0 Å². The largest absolute Gasteiger partial charge is 0.331 e. The topological polar surface area (TPSA) is 49.4 Å². The van der Waals surface area contributed by atoms with Crippen LogP contribution in [0, 0.1) is 0 Å². The second-order valence-corrected chi connectivity index (χ2v) is 6.75. The van der Waals surface area contributed by atoms with E-state index in [0.29, 0.717) is 0 Å². The summed E-state index contributed by atoms with van der Waals surface area (Å²) in [6.45, 7) is 8.12. The van der Waals surface area contributed by atoms with Crippen molar-refractivity contribution < 1.29 is 9.59 Å². The third-order valence-corrected chi connectivity index (χ3v) is 3.74. The van der Waals surface area contributed by atoms with E-state index in [1.165, 1.54) is 12.5 Å². The van der Waals surface area contributed by atoms with Crippen molar-refractivity contribution in [3.8, 4) is 0 Å². The summed E-state index contributed by atoms with van der Waals surface area (Å²) < 4.78 is 0. The number of carbonyl (C=O) groups excluding carboxylic acids is 2. The average Bonchev–Trinajstić information content (AvgIpc) is 3.19. The molecule has 1 aliphatic rings. The maximum Gasteiger partial charge on any atom is 0.244 e. The van der Waals surface area contributed by atoms with Crippen LogP contribution in [0.15, 0.2) is 24.3 Å². The van der Waals surface area contributed by atoms with Gasteiger partial charge < -0.3 is 10.2 Å². The number of amides is 2. The van der Waals surface area contributed by atoms with Crippen LogP contribution in [0.2, 0.25) is 0 Å². The average molecular weight is 288 g/mol. The molecule has 1 saturated carbocycles. The molecule has 0 saturated heterocycles. The van der Waals surface area contributed by atoms with Gasteiger partial charge in [-0.1, -0.05) is 32.9 Å². The molecule has 21 heavy (non-hydrogen) atoms. The highest BCUT2D eigenvalue weighted by atomic mass is 16.2. The molecule has 0 radical (unpaired) electrons. The monoisotopic (exact) mass is 288 g/mol. The predicted octanol–water partition coefficient (Wildman–Crippen LogP) is 2.93. The van der Waals surface area contributed by atoms with Crippen LogP contribution in [0.5, 0.6) is 0 Å². The summed E-state index contributed by atoms with van der Waals surface area (Å²) in [6, 6.07) is 8.14. The van der Waals surface area contributed by atoms with E-state index >= 15 is 0 Å². The van der Waals surface area contributed by atoms with Crippen LogP contribution in [0.3, 0.4) is 0 Å². The Bertz CT molecular complexity index is 525. The summed E-state index contributed by atoms with van der Waals surface area (Å²) in [6.07, 6.45) is 2.01. The van der Waals surface area contributed by atoms with E-state index in [4.69, 9.17) is 0 Å². The highest BCUT2D eigenvalue weighted by Gasteiger charge is 2.32. The van der Waals surface area contributed by atoms with Crippen molar-refractivity contribution in [1.82, 2.24) is 4.90 Å². The summed E-state index contributed by atoms with van der Waals surface area (Å²) in [4.78, 5) is 25.2. The van der Waals surface area contributed by atoms with Crippen molar-refractivity contribution in [2.45, 2.75) is 52.0 Å². The van der Waals surface area contributed by atoms with Crippen LogP contribution in [0.25, 0.3) is 0 Å². The van der Waals surface area contributed by atoms with Crippen LogP contribution >= 0.6 is 0 Å². The van der Waals surface area contributed by atoms with Gasteiger partial charge in [0.1, 0.15) is 6.54 Å². The van der Waals surface area contributed by atoms with Gasteiger partial charge in [-0.05, 0) is 36.0 Å². The summed E-state index contributed by atoms with van der Waals surface area (Å²) in [5.74, 6) is -0.170. The second-order valence-electron chi connectivity index (χ2n) is 6.75. The van der Waals surface area contributed by atoms with Gasteiger partial charge in [0.05, 0.1) is 0 Å². The van der Waals surface area contributed by atoms with E-state index in [9.17, 15) is 9.59 Å². The lowest BCUT2D eigenvalue weighted by atomic mass is 9.87. The van der Waals surface area contributed by atoms with Crippen LogP contribution in [0.4, 0.5) is 5.69 Å². The van der Waals surface area contributed by atoms with Gasteiger partial charge in [0, 0.05) is 18.7 Å². The number of hydrogen-bond donors (Lipinski definition) is 1. The molecule has 1 aromatic rings. The van der Waals surface area contributed by atoms with Gasteiger partial charge in [0.15, 0.2) is 0 Å². The number of nitrogens with one attached hydrogen (secondary N) is 1. The molecule has 2 amide bonds. The Kier molecular flexibility index (Phi) is 4.35. The fraction of sp³-hybridized carbons (Fsp3) is 0.529. The second kappa shape index (κ2) is 5.88. The summed E-state index contributed by atoms with van der Waals surface area (Å²) in [5.41, 5.74) is 2.09. The Balaban J connectivity index is 1.94. The van der Waals surface area contributed by atoms with Crippen LogP contribution < -0.4 is 5.32 Å². The van der Waals surface area contributed by atoms with Crippen LogP contribution in [-0.2, 0) is 15.0 Å². The molecule has 0 aromatic heterocycles.